The molecule has 0 radical (unpaired) electrons. The van der Waals surface area contributed by atoms with Crippen LogP contribution in [0.15, 0.2) is 0 Å². The number of urea groups is 1. The van der Waals surface area contributed by atoms with E-state index in [1.54, 1.807) is 4.90 Å². The summed E-state index contributed by atoms with van der Waals surface area (Å²) in [6.45, 7) is 1.65. The molecule has 1 rings (SSSR count). The highest BCUT2D eigenvalue weighted by molar-refractivity contribution is 5.75. The normalized spacial score (nSPS) is 15.3. The Balaban J connectivity index is 1.98. The Bertz CT molecular complexity index is 392. The largest absolute Gasteiger partial charge is 0.481 e. The van der Waals surface area contributed by atoms with Crippen LogP contribution in [0.25, 0.3) is 0 Å². The molecule has 0 aliphatic carbocycles. The molecule has 7 heteroatoms. The first-order valence-electron chi connectivity index (χ1n) is 8.37. The average Bonchev–Trinajstić information content (AvgIpc) is 2.56. The van der Waals surface area contributed by atoms with Gasteiger partial charge >= 0.3 is 18.0 Å². The first kappa shape index (κ1) is 19.3. The fourth-order valence-electron chi connectivity index (χ4n) is 2.66. The van der Waals surface area contributed by atoms with Gasteiger partial charge in [-0.25, -0.2) is 4.79 Å². The van der Waals surface area contributed by atoms with E-state index >= 15 is 0 Å². The van der Waals surface area contributed by atoms with E-state index in [2.05, 4.69) is 10.1 Å². The molecule has 23 heavy (non-hydrogen) atoms. The van der Waals surface area contributed by atoms with E-state index in [1.165, 1.54) is 7.11 Å². The van der Waals surface area contributed by atoms with Gasteiger partial charge in [0.05, 0.1) is 13.0 Å². The number of hydrogen-bond donors (Lipinski definition) is 2. The molecule has 1 aliphatic heterocycles. The molecule has 0 bridgehead atoms. The van der Waals surface area contributed by atoms with Crippen LogP contribution in [0.3, 0.4) is 0 Å². The lowest BCUT2D eigenvalue weighted by Gasteiger charge is -2.30. The van der Waals surface area contributed by atoms with Gasteiger partial charge in [-0.2, -0.15) is 0 Å². The summed E-state index contributed by atoms with van der Waals surface area (Å²) in [5, 5.41) is 11.8. The predicted molar refractivity (Wildman–Crippen MR) is 85.0 cm³/mol. The zero-order valence-corrected chi connectivity index (χ0v) is 13.9. The fraction of sp³-hybridized carbons (Fsp3) is 0.812. The number of carbonyl (C=O) groups is 3. The summed E-state index contributed by atoms with van der Waals surface area (Å²) in [6, 6.07) is -0.0977. The number of likely N-dealkylation sites (tertiary alicyclic amines) is 1. The number of aliphatic carboxylic acids is 1. The third-order valence-corrected chi connectivity index (χ3v) is 4.19. The van der Waals surface area contributed by atoms with E-state index in [4.69, 9.17) is 5.11 Å². The van der Waals surface area contributed by atoms with E-state index in [0.29, 0.717) is 38.9 Å². The van der Waals surface area contributed by atoms with Gasteiger partial charge in [0.1, 0.15) is 0 Å². The Morgan fingerprint density at radius 1 is 1.09 bits per heavy atom. The number of ether oxygens (including phenoxy) is 1. The van der Waals surface area contributed by atoms with Crippen LogP contribution in [0.5, 0.6) is 0 Å². The molecule has 0 saturated carbocycles. The third kappa shape index (κ3) is 7.85. The minimum atomic E-state index is -0.766. The number of piperidine rings is 1. The topological polar surface area (TPSA) is 95.9 Å². The van der Waals surface area contributed by atoms with Gasteiger partial charge in [-0.05, 0) is 25.7 Å². The first-order valence-corrected chi connectivity index (χ1v) is 8.37. The highest BCUT2D eigenvalue weighted by Gasteiger charge is 2.26. The quantitative estimate of drug-likeness (QED) is 0.498. The van der Waals surface area contributed by atoms with Gasteiger partial charge in [0.25, 0.3) is 0 Å². The van der Waals surface area contributed by atoms with Crippen LogP contribution in [0.1, 0.15) is 51.4 Å². The van der Waals surface area contributed by atoms with Crippen molar-refractivity contribution in [2.75, 3.05) is 26.7 Å². The van der Waals surface area contributed by atoms with E-state index < -0.39 is 5.97 Å². The summed E-state index contributed by atoms with van der Waals surface area (Å²) in [5.41, 5.74) is 0. The number of rotatable bonds is 9. The summed E-state index contributed by atoms with van der Waals surface area (Å²) >= 11 is 0. The van der Waals surface area contributed by atoms with Gasteiger partial charge < -0.3 is 20.1 Å². The number of unbranched alkanes of at least 4 members (excludes halogenated alkanes) is 4. The van der Waals surface area contributed by atoms with Gasteiger partial charge in [-0.1, -0.05) is 19.3 Å². The maximum atomic E-state index is 11.9. The summed E-state index contributed by atoms with van der Waals surface area (Å²) in [4.78, 5) is 35.4. The molecule has 7 nitrogen and oxygen atoms in total. The van der Waals surface area contributed by atoms with Crippen molar-refractivity contribution in [3.63, 3.8) is 0 Å². The number of hydrogen-bond acceptors (Lipinski definition) is 4. The molecule has 0 aromatic heterocycles. The molecule has 0 aromatic carbocycles. The Morgan fingerprint density at radius 2 is 1.70 bits per heavy atom. The number of nitrogens with zero attached hydrogens (tertiary/aromatic N) is 1. The van der Waals surface area contributed by atoms with Crippen molar-refractivity contribution < 1.29 is 24.2 Å². The van der Waals surface area contributed by atoms with E-state index in [0.717, 1.165) is 32.1 Å². The number of carbonyl (C=O) groups excluding carboxylic acids is 2. The van der Waals surface area contributed by atoms with Crippen molar-refractivity contribution in [2.24, 2.45) is 5.92 Å². The Hall–Kier alpha value is -1.79. The molecule has 1 saturated heterocycles. The first-order chi connectivity index (χ1) is 11.0. The van der Waals surface area contributed by atoms with Crippen LogP contribution < -0.4 is 5.32 Å². The Labute approximate surface area is 137 Å². The maximum absolute atomic E-state index is 11.9. The third-order valence-electron chi connectivity index (χ3n) is 4.19. The zero-order valence-electron chi connectivity index (χ0n) is 13.9. The lowest BCUT2D eigenvalue weighted by molar-refractivity contribution is -0.143. The smallest absolute Gasteiger partial charge is 0.317 e. The summed E-state index contributed by atoms with van der Waals surface area (Å²) in [6.07, 6.45) is 6.34. The monoisotopic (exact) mass is 328 g/mol. The summed E-state index contributed by atoms with van der Waals surface area (Å²) < 4.78 is 4.58. The molecule has 132 valence electrons. The number of esters is 1. The zero-order chi connectivity index (χ0) is 17.1. The summed E-state index contributed by atoms with van der Waals surface area (Å²) in [7, 11) is 1.40. The molecular formula is C16H28N2O5. The number of methoxy groups -OCH3 is 1. The second-order valence-electron chi connectivity index (χ2n) is 5.93. The van der Waals surface area contributed by atoms with Crippen molar-refractivity contribution in [3.05, 3.63) is 0 Å². The van der Waals surface area contributed by atoms with Gasteiger partial charge in [0.2, 0.25) is 0 Å². The van der Waals surface area contributed by atoms with Crippen LogP contribution in [-0.2, 0) is 14.3 Å². The fourth-order valence-corrected chi connectivity index (χ4v) is 2.66. The van der Waals surface area contributed by atoms with E-state index in [9.17, 15) is 14.4 Å². The van der Waals surface area contributed by atoms with Gasteiger partial charge in [-0.3, -0.25) is 9.59 Å². The van der Waals surface area contributed by atoms with Crippen molar-refractivity contribution in [1.82, 2.24) is 10.2 Å². The number of amides is 2. The minimum absolute atomic E-state index is 0.0977. The van der Waals surface area contributed by atoms with Crippen LogP contribution in [-0.4, -0.2) is 54.7 Å². The van der Waals surface area contributed by atoms with Crippen molar-refractivity contribution in [1.29, 1.82) is 0 Å². The Kier molecular flexibility index (Phi) is 9.09. The molecular weight excluding hydrogens is 300 g/mol. The van der Waals surface area contributed by atoms with Gasteiger partial charge in [0, 0.05) is 26.1 Å². The van der Waals surface area contributed by atoms with E-state index in [1.807, 2.05) is 0 Å². The predicted octanol–water partition coefficient (Wildman–Crippen LogP) is 2.01. The molecule has 1 aliphatic rings. The SMILES string of the molecule is COC(=O)CCCCCCCNC(=O)N1CCC(C(=O)O)CC1. The average molecular weight is 328 g/mol. The van der Waals surface area contributed by atoms with Crippen LogP contribution in [0.4, 0.5) is 4.79 Å². The number of carboxylic acid groups (broad SMARTS) is 1. The van der Waals surface area contributed by atoms with Gasteiger partial charge in [-0.15, -0.1) is 0 Å². The van der Waals surface area contributed by atoms with Crippen LogP contribution in [0.2, 0.25) is 0 Å². The second kappa shape index (κ2) is 10.9. The van der Waals surface area contributed by atoms with E-state index in [-0.39, 0.29) is 17.9 Å². The van der Waals surface area contributed by atoms with Crippen molar-refractivity contribution in [3.8, 4) is 0 Å². The molecule has 2 amide bonds. The number of nitrogens with one attached hydrogen (secondary N) is 1. The van der Waals surface area contributed by atoms with Crippen molar-refractivity contribution in [2.45, 2.75) is 51.4 Å². The molecule has 0 atom stereocenters. The molecule has 0 unspecified atom stereocenters. The minimum Gasteiger partial charge on any atom is -0.481 e. The van der Waals surface area contributed by atoms with Gasteiger partial charge in [0.15, 0.2) is 0 Å². The Morgan fingerprint density at radius 3 is 2.30 bits per heavy atom. The lowest BCUT2D eigenvalue weighted by atomic mass is 9.97. The van der Waals surface area contributed by atoms with Crippen LogP contribution in [0, 0.1) is 5.92 Å². The van der Waals surface area contributed by atoms with Crippen LogP contribution >= 0.6 is 0 Å². The highest BCUT2D eigenvalue weighted by Crippen LogP contribution is 2.17. The molecule has 1 heterocycles. The molecule has 1 fully saturated rings. The number of carboxylic acids is 1. The highest BCUT2D eigenvalue weighted by atomic mass is 16.5. The lowest BCUT2D eigenvalue weighted by Crippen LogP contribution is -2.45. The second-order valence-corrected chi connectivity index (χ2v) is 5.93. The molecule has 0 spiro atoms. The van der Waals surface area contributed by atoms with Crippen molar-refractivity contribution >= 4 is 18.0 Å². The summed E-state index contributed by atoms with van der Waals surface area (Å²) in [5.74, 6) is -1.25. The standard InChI is InChI=1S/C16H28N2O5/c1-23-14(19)7-5-3-2-4-6-10-17-16(22)18-11-8-13(9-12-18)15(20)21/h13H,2-12H2,1H3,(H,17,22)(H,20,21). The molecule has 0 aromatic rings. The molecule has 2 N–H and O–H groups in total. The maximum Gasteiger partial charge on any atom is 0.317 e.